The number of aromatic nitrogens is 2. The number of ether oxygens (including phenoxy) is 2. The van der Waals surface area contributed by atoms with Crippen molar-refractivity contribution in [3.63, 3.8) is 0 Å². The first-order valence-corrected chi connectivity index (χ1v) is 7.38. The van der Waals surface area contributed by atoms with Gasteiger partial charge in [0.05, 0.1) is 17.7 Å². The molecule has 0 saturated heterocycles. The molecule has 0 saturated carbocycles. The fourth-order valence-electron chi connectivity index (χ4n) is 2.04. The maximum Gasteiger partial charge on any atom is 0.388 e. The number of rotatable bonds is 5. The van der Waals surface area contributed by atoms with Gasteiger partial charge in [0.1, 0.15) is 23.6 Å². The van der Waals surface area contributed by atoms with Crippen LogP contribution in [0, 0.1) is 5.82 Å². The Morgan fingerprint density at radius 1 is 1.28 bits per heavy atom. The highest BCUT2D eigenvalue weighted by molar-refractivity contribution is 6.35. The molecule has 0 aliphatic rings. The second-order valence-corrected chi connectivity index (χ2v) is 5.35. The van der Waals surface area contributed by atoms with E-state index in [9.17, 15) is 13.2 Å². The molecule has 0 fully saturated rings. The Morgan fingerprint density at radius 2 is 1.96 bits per heavy atom. The molecule has 0 aliphatic heterocycles. The van der Waals surface area contributed by atoms with Crippen molar-refractivity contribution in [2.45, 2.75) is 6.61 Å². The van der Waals surface area contributed by atoms with Crippen LogP contribution in [0.2, 0.25) is 10.0 Å². The van der Waals surface area contributed by atoms with Gasteiger partial charge in [-0.15, -0.1) is 0 Å². The van der Waals surface area contributed by atoms with Crippen molar-refractivity contribution in [3.05, 3.63) is 33.6 Å². The Labute approximate surface area is 150 Å². The minimum absolute atomic E-state index is 0.00462. The smallest absolute Gasteiger partial charge is 0.388 e. The van der Waals surface area contributed by atoms with Gasteiger partial charge < -0.3 is 14.3 Å². The number of halogens is 5. The van der Waals surface area contributed by atoms with Crippen molar-refractivity contribution in [3.8, 4) is 17.1 Å². The molecule has 2 rings (SSSR count). The normalized spacial score (nSPS) is 11.8. The van der Waals surface area contributed by atoms with Gasteiger partial charge in [0.25, 0.3) is 5.90 Å². The van der Waals surface area contributed by atoms with E-state index in [4.69, 9.17) is 27.9 Å². The summed E-state index contributed by atoms with van der Waals surface area (Å²) in [6, 6.07) is 2.26. The Bertz CT molecular complexity index is 812. The zero-order chi connectivity index (χ0) is 18.7. The number of methoxy groups -OCH3 is 1. The molecule has 11 heteroatoms. The lowest BCUT2D eigenvalue weighted by Gasteiger charge is -2.09. The number of hydrogen-bond donors (Lipinski definition) is 0. The van der Waals surface area contributed by atoms with Gasteiger partial charge >= 0.3 is 6.61 Å². The monoisotopic (exact) mass is 397 g/mol. The van der Waals surface area contributed by atoms with Crippen molar-refractivity contribution in [2.24, 2.45) is 12.2 Å². The second-order valence-electron chi connectivity index (χ2n) is 4.56. The van der Waals surface area contributed by atoms with Crippen LogP contribution in [0.15, 0.2) is 17.3 Å². The Hall–Kier alpha value is -2.13. The summed E-state index contributed by atoms with van der Waals surface area (Å²) >= 11 is 12.0. The van der Waals surface area contributed by atoms with Crippen molar-refractivity contribution in [1.29, 1.82) is 0 Å². The van der Waals surface area contributed by atoms with Crippen LogP contribution in [-0.4, -0.2) is 36.5 Å². The molecule has 1 aromatic heterocycles. The number of nitrogens with zero attached hydrogens (tertiary/aromatic N) is 3. The highest BCUT2D eigenvalue weighted by atomic mass is 35.5. The number of aryl methyl sites for hydroxylation is 1. The molecule has 0 N–H and O–H groups in total. The first-order valence-electron chi connectivity index (χ1n) is 6.62. The molecule has 1 heterocycles. The van der Waals surface area contributed by atoms with Gasteiger partial charge in [-0.3, -0.25) is 0 Å². The summed E-state index contributed by atoms with van der Waals surface area (Å²) in [7, 11) is 3.94. The van der Waals surface area contributed by atoms with E-state index in [2.05, 4.69) is 19.8 Å². The van der Waals surface area contributed by atoms with E-state index in [1.807, 2.05) is 0 Å². The molecule has 0 aliphatic carbocycles. The van der Waals surface area contributed by atoms with E-state index in [0.29, 0.717) is 0 Å². The summed E-state index contributed by atoms with van der Waals surface area (Å²) in [5.41, 5.74) is -0.0199. The van der Waals surface area contributed by atoms with Gasteiger partial charge in [-0.1, -0.05) is 23.2 Å². The first kappa shape index (κ1) is 19.2. The van der Waals surface area contributed by atoms with Crippen LogP contribution in [0.25, 0.3) is 11.3 Å². The van der Waals surface area contributed by atoms with Crippen molar-refractivity contribution in [1.82, 2.24) is 9.78 Å². The number of benzene rings is 1. The third-order valence-electron chi connectivity index (χ3n) is 3.05. The fourth-order valence-corrected chi connectivity index (χ4v) is 2.58. The van der Waals surface area contributed by atoms with Gasteiger partial charge in [0.2, 0.25) is 5.88 Å². The molecule has 6 nitrogen and oxygen atoms in total. The highest BCUT2D eigenvalue weighted by Gasteiger charge is 2.24. The summed E-state index contributed by atoms with van der Waals surface area (Å²) in [6.45, 7) is -3.11. The van der Waals surface area contributed by atoms with Crippen molar-refractivity contribution in [2.75, 3.05) is 14.2 Å². The molecule has 0 amide bonds. The molecule has 0 spiro atoms. The van der Waals surface area contributed by atoms with Gasteiger partial charge in [-0.25, -0.2) is 9.07 Å². The lowest BCUT2D eigenvalue weighted by Crippen LogP contribution is -2.06. The average Bonchev–Trinajstić information content (AvgIpc) is 2.81. The third kappa shape index (κ3) is 3.93. The highest BCUT2D eigenvalue weighted by Crippen LogP contribution is 2.38. The van der Waals surface area contributed by atoms with Crippen LogP contribution in [0.4, 0.5) is 13.2 Å². The number of alkyl halides is 2. The van der Waals surface area contributed by atoms with Crippen LogP contribution in [0.3, 0.4) is 0 Å². The molecule has 0 unspecified atom stereocenters. The first-order chi connectivity index (χ1) is 11.8. The van der Waals surface area contributed by atoms with E-state index in [-0.39, 0.29) is 32.8 Å². The van der Waals surface area contributed by atoms with Crippen molar-refractivity contribution >= 4 is 29.1 Å². The summed E-state index contributed by atoms with van der Waals surface area (Å²) in [5, 5.41) is 7.27. The van der Waals surface area contributed by atoms with Crippen LogP contribution in [0.1, 0.15) is 5.56 Å². The minimum Gasteiger partial charge on any atom is -0.478 e. The molecular formula is C14H12Cl2F3N3O3. The third-order valence-corrected chi connectivity index (χ3v) is 3.70. The lowest BCUT2D eigenvalue weighted by molar-refractivity contribution is -0.0552. The SMILES string of the molecule is CON=C(OC)c1cc(-c2nn(C)c(OC(F)F)c2Cl)c(F)cc1Cl. The van der Waals surface area contributed by atoms with E-state index >= 15 is 0 Å². The standard InChI is InChI=1S/C14H12Cl2F3N3O3/c1-22-13(25-14(18)19)10(16)11(20-22)7-4-6(8(15)5-9(7)17)12(23-2)21-24-3/h4-5,14H,1-3H3. The molecule has 0 bridgehead atoms. The maximum absolute atomic E-state index is 14.4. The van der Waals surface area contributed by atoms with Gasteiger partial charge in [-0.2, -0.15) is 13.9 Å². The van der Waals surface area contributed by atoms with Gasteiger partial charge in [0.15, 0.2) is 0 Å². The summed E-state index contributed by atoms with van der Waals surface area (Å²) < 4.78 is 49.6. The Morgan fingerprint density at radius 3 is 2.52 bits per heavy atom. The van der Waals surface area contributed by atoms with E-state index in [1.54, 1.807) is 0 Å². The topological polar surface area (TPSA) is 57.9 Å². The Balaban J connectivity index is 2.62. The maximum atomic E-state index is 14.4. The molecule has 136 valence electrons. The van der Waals surface area contributed by atoms with E-state index in [1.165, 1.54) is 27.3 Å². The van der Waals surface area contributed by atoms with Crippen molar-refractivity contribution < 1.29 is 27.5 Å². The van der Waals surface area contributed by atoms with Crippen LogP contribution >= 0.6 is 23.2 Å². The summed E-state index contributed by atoms with van der Waals surface area (Å²) in [5.74, 6) is -1.20. The second kappa shape index (κ2) is 7.83. The van der Waals surface area contributed by atoms with Gasteiger partial charge in [-0.05, 0) is 17.3 Å². The molecule has 1 aromatic carbocycles. The van der Waals surface area contributed by atoms with Gasteiger partial charge in [0, 0.05) is 12.6 Å². The fraction of sp³-hybridized carbons (Fsp3) is 0.286. The van der Waals surface area contributed by atoms with Crippen LogP contribution < -0.4 is 4.74 Å². The van der Waals surface area contributed by atoms with E-state index in [0.717, 1.165) is 10.7 Å². The molecule has 2 aromatic rings. The zero-order valence-electron chi connectivity index (χ0n) is 13.2. The zero-order valence-corrected chi connectivity index (χ0v) is 14.7. The molecule has 25 heavy (non-hydrogen) atoms. The van der Waals surface area contributed by atoms with Crippen LogP contribution in [0.5, 0.6) is 5.88 Å². The molecule has 0 radical (unpaired) electrons. The summed E-state index contributed by atoms with van der Waals surface area (Å²) in [6.07, 6.45) is 0. The van der Waals surface area contributed by atoms with E-state index < -0.39 is 18.3 Å². The average molecular weight is 398 g/mol. The Kier molecular flexibility index (Phi) is 6.02. The predicted molar refractivity (Wildman–Crippen MR) is 85.8 cm³/mol. The number of oxime groups is 1. The largest absolute Gasteiger partial charge is 0.478 e. The molecule has 0 atom stereocenters. The quantitative estimate of drug-likeness (QED) is 0.433. The minimum atomic E-state index is -3.11. The van der Waals surface area contributed by atoms with Crippen LogP contribution in [-0.2, 0) is 16.6 Å². The predicted octanol–water partition coefficient (Wildman–Crippen LogP) is 4.09. The lowest BCUT2D eigenvalue weighted by atomic mass is 10.1. The summed E-state index contributed by atoms with van der Waals surface area (Å²) in [4.78, 5) is 4.63. The number of hydrogen-bond acceptors (Lipinski definition) is 5. The molecular weight excluding hydrogens is 386 g/mol.